The number of para-hydroxylation sites is 1. The van der Waals surface area contributed by atoms with E-state index in [1.807, 2.05) is 41.3 Å². The van der Waals surface area contributed by atoms with Crippen LogP contribution in [0.4, 0.5) is 11.4 Å². The van der Waals surface area contributed by atoms with Gasteiger partial charge in [0.2, 0.25) is 11.8 Å². The third-order valence-electron chi connectivity index (χ3n) is 7.14. The SMILES string of the molecule is COc1ccc(C(=O)[C@H]2[C@@H]3C(=O)N(c4ccc(Br)cc4)C(=O)[C@@H]3[C@H]3C=Cc4ccccc4N32)cc1. The summed E-state index contributed by atoms with van der Waals surface area (Å²) in [6.45, 7) is 0. The Bertz CT molecular complexity index is 1380. The summed E-state index contributed by atoms with van der Waals surface area (Å²) in [6.07, 6.45) is 3.94. The van der Waals surface area contributed by atoms with Crippen molar-refractivity contribution in [2.45, 2.75) is 12.1 Å². The van der Waals surface area contributed by atoms with Gasteiger partial charge in [0.25, 0.3) is 0 Å². The van der Waals surface area contributed by atoms with Gasteiger partial charge < -0.3 is 9.64 Å². The van der Waals surface area contributed by atoms with E-state index in [9.17, 15) is 14.4 Å². The largest absolute Gasteiger partial charge is 0.497 e. The van der Waals surface area contributed by atoms with Gasteiger partial charge in [-0.2, -0.15) is 0 Å². The molecular weight excluding hydrogens is 508 g/mol. The van der Waals surface area contributed by atoms with Crippen LogP contribution in [0.2, 0.25) is 0 Å². The van der Waals surface area contributed by atoms with Crippen molar-refractivity contribution in [3.63, 3.8) is 0 Å². The number of rotatable bonds is 4. The maximum absolute atomic E-state index is 14.0. The summed E-state index contributed by atoms with van der Waals surface area (Å²) >= 11 is 3.40. The van der Waals surface area contributed by atoms with Crippen molar-refractivity contribution in [3.05, 3.63) is 94.5 Å². The lowest BCUT2D eigenvalue weighted by atomic mass is 9.86. The van der Waals surface area contributed by atoms with Crippen molar-refractivity contribution < 1.29 is 19.1 Å². The first-order valence-electron chi connectivity index (χ1n) is 11.4. The number of halogens is 1. The summed E-state index contributed by atoms with van der Waals surface area (Å²) in [5, 5.41) is 0. The van der Waals surface area contributed by atoms with E-state index >= 15 is 0 Å². The second-order valence-corrected chi connectivity index (χ2v) is 9.81. The predicted octanol–water partition coefficient (Wildman–Crippen LogP) is 4.73. The van der Waals surface area contributed by atoms with Crippen LogP contribution in [0.15, 0.2) is 83.3 Å². The normalized spacial score (nSPS) is 24.3. The number of fused-ring (bicyclic) bond motifs is 5. The lowest BCUT2D eigenvalue weighted by Crippen LogP contribution is -2.48. The highest BCUT2D eigenvalue weighted by Gasteiger charge is 2.64. The zero-order valence-electron chi connectivity index (χ0n) is 18.8. The van der Waals surface area contributed by atoms with Crippen LogP contribution in [0.5, 0.6) is 5.75 Å². The summed E-state index contributed by atoms with van der Waals surface area (Å²) in [5.74, 6) is -1.59. The van der Waals surface area contributed by atoms with Crippen LogP contribution < -0.4 is 14.5 Å². The van der Waals surface area contributed by atoms with Crippen molar-refractivity contribution in [3.8, 4) is 5.75 Å². The molecule has 6 nitrogen and oxygen atoms in total. The molecule has 174 valence electrons. The van der Waals surface area contributed by atoms with Gasteiger partial charge in [0, 0.05) is 15.7 Å². The molecule has 3 heterocycles. The molecule has 0 aromatic heterocycles. The van der Waals surface area contributed by atoms with E-state index in [4.69, 9.17) is 4.74 Å². The molecule has 2 saturated heterocycles. The first kappa shape index (κ1) is 21.8. The van der Waals surface area contributed by atoms with Crippen molar-refractivity contribution in [2.24, 2.45) is 11.8 Å². The van der Waals surface area contributed by atoms with E-state index in [-0.39, 0.29) is 23.6 Å². The Balaban J connectivity index is 1.47. The van der Waals surface area contributed by atoms with E-state index in [0.717, 1.165) is 15.7 Å². The Kier molecular flexibility index (Phi) is 5.11. The van der Waals surface area contributed by atoms with Crippen LogP contribution in [0.1, 0.15) is 15.9 Å². The van der Waals surface area contributed by atoms with E-state index in [1.165, 1.54) is 4.90 Å². The molecule has 3 aliphatic rings. The Morgan fingerprint density at radius 3 is 2.29 bits per heavy atom. The Morgan fingerprint density at radius 2 is 1.57 bits per heavy atom. The highest BCUT2D eigenvalue weighted by molar-refractivity contribution is 9.10. The fraction of sp³-hybridized carbons (Fsp3) is 0.179. The lowest BCUT2D eigenvalue weighted by molar-refractivity contribution is -0.122. The fourth-order valence-corrected chi connectivity index (χ4v) is 5.85. The van der Waals surface area contributed by atoms with Crippen molar-refractivity contribution >= 4 is 51.0 Å². The van der Waals surface area contributed by atoms with Gasteiger partial charge >= 0.3 is 0 Å². The zero-order valence-corrected chi connectivity index (χ0v) is 20.4. The Labute approximate surface area is 210 Å². The van der Waals surface area contributed by atoms with Gasteiger partial charge in [-0.3, -0.25) is 14.4 Å². The van der Waals surface area contributed by atoms with Gasteiger partial charge in [-0.05, 0) is 60.2 Å². The molecule has 3 aliphatic heterocycles. The van der Waals surface area contributed by atoms with Gasteiger partial charge in [-0.15, -0.1) is 0 Å². The van der Waals surface area contributed by atoms with Crippen LogP contribution in [0, 0.1) is 11.8 Å². The molecule has 2 amide bonds. The number of methoxy groups -OCH3 is 1. The molecule has 0 bridgehead atoms. The number of hydrogen-bond donors (Lipinski definition) is 0. The van der Waals surface area contributed by atoms with Gasteiger partial charge in [0.1, 0.15) is 11.8 Å². The molecule has 3 aromatic rings. The monoisotopic (exact) mass is 528 g/mol. The van der Waals surface area contributed by atoms with Crippen LogP contribution >= 0.6 is 15.9 Å². The summed E-state index contributed by atoms with van der Waals surface area (Å²) in [6, 6.07) is 20.5. The van der Waals surface area contributed by atoms with E-state index in [0.29, 0.717) is 17.0 Å². The highest BCUT2D eigenvalue weighted by atomic mass is 79.9. The van der Waals surface area contributed by atoms with E-state index in [1.54, 1.807) is 55.6 Å². The van der Waals surface area contributed by atoms with Crippen LogP contribution in [-0.4, -0.2) is 36.8 Å². The number of anilines is 2. The minimum absolute atomic E-state index is 0.186. The van der Waals surface area contributed by atoms with Crippen molar-refractivity contribution in [1.29, 1.82) is 0 Å². The van der Waals surface area contributed by atoms with Crippen molar-refractivity contribution in [2.75, 3.05) is 16.9 Å². The molecule has 35 heavy (non-hydrogen) atoms. The first-order valence-corrected chi connectivity index (χ1v) is 12.2. The Morgan fingerprint density at radius 1 is 0.886 bits per heavy atom. The predicted molar refractivity (Wildman–Crippen MR) is 136 cm³/mol. The summed E-state index contributed by atoms with van der Waals surface area (Å²) in [5.41, 5.74) is 2.81. The minimum Gasteiger partial charge on any atom is -0.497 e. The van der Waals surface area contributed by atoms with Crippen LogP contribution in [0.25, 0.3) is 6.08 Å². The average molecular weight is 529 g/mol. The number of benzene rings is 3. The molecule has 0 N–H and O–H groups in total. The van der Waals surface area contributed by atoms with Gasteiger partial charge in [0.05, 0.1) is 30.7 Å². The number of carbonyl (C=O) groups excluding carboxylic acids is 3. The molecule has 4 atom stereocenters. The molecule has 0 saturated carbocycles. The molecule has 0 unspecified atom stereocenters. The molecule has 0 radical (unpaired) electrons. The maximum atomic E-state index is 14.0. The number of nitrogens with zero attached hydrogens (tertiary/aromatic N) is 2. The third kappa shape index (κ3) is 3.26. The van der Waals surface area contributed by atoms with Gasteiger partial charge in [-0.1, -0.05) is 46.3 Å². The zero-order chi connectivity index (χ0) is 24.3. The summed E-state index contributed by atoms with van der Waals surface area (Å²) in [7, 11) is 1.57. The number of hydrogen-bond acceptors (Lipinski definition) is 5. The third-order valence-corrected chi connectivity index (χ3v) is 7.67. The van der Waals surface area contributed by atoms with Crippen LogP contribution in [0.3, 0.4) is 0 Å². The molecule has 0 spiro atoms. The summed E-state index contributed by atoms with van der Waals surface area (Å²) < 4.78 is 6.09. The molecule has 7 heteroatoms. The number of imide groups is 1. The highest BCUT2D eigenvalue weighted by Crippen LogP contribution is 2.49. The lowest BCUT2D eigenvalue weighted by Gasteiger charge is -2.36. The average Bonchev–Trinajstić information content (AvgIpc) is 3.37. The molecule has 6 rings (SSSR count). The number of amides is 2. The molecule has 3 aromatic carbocycles. The Hall–Kier alpha value is -3.71. The van der Waals surface area contributed by atoms with Gasteiger partial charge in [-0.25, -0.2) is 4.90 Å². The second kappa shape index (κ2) is 8.20. The standard InChI is InChI=1S/C28H21BrN2O4/c1-35-20-13-6-17(7-14-20)26(32)25-24-23(22-15-8-16-4-2-3-5-21(16)31(22)25)27(33)30(28(24)34)19-11-9-18(29)10-12-19/h2-15,22-25H,1H3/t22-,23-,24-,25-/m1/s1. The number of ketones is 1. The van der Waals surface area contributed by atoms with Crippen LogP contribution in [-0.2, 0) is 9.59 Å². The quantitative estimate of drug-likeness (QED) is 0.361. The topological polar surface area (TPSA) is 66.9 Å². The minimum atomic E-state index is -0.804. The van der Waals surface area contributed by atoms with Gasteiger partial charge in [0.15, 0.2) is 5.78 Å². The molecule has 2 fully saturated rings. The molecule has 0 aliphatic carbocycles. The first-order chi connectivity index (χ1) is 17.0. The maximum Gasteiger partial charge on any atom is 0.240 e. The number of ether oxygens (including phenoxy) is 1. The second-order valence-electron chi connectivity index (χ2n) is 8.89. The summed E-state index contributed by atoms with van der Waals surface area (Å²) in [4.78, 5) is 44.8. The van der Waals surface area contributed by atoms with E-state index in [2.05, 4.69) is 15.9 Å². The number of carbonyl (C=O) groups is 3. The smallest absolute Gasteiger partial charge is 0.240 e. The fourth-order valence-electron chi connectivity index (χ4n) is 5.58. The number of Topliss-reactive ketones (excluding diaryl/α,β-unsaturated/α-hetero) is 1. The van der Waals surface area contributed by atoms with Crippen molar-refractivity contribution in [1.82, 2.24) is 0 Å². The molecular formula is C28H21BrN2O4. The van der Waals surface area contributed by atoms with E-state index < -0.39 is 17.9 Å².